The molecular formula is C29H25Cl2N5O. The third-order valence-electron chi connectivity index (χ3n) is 7.18. The lowest BCUT2D eigenvalue weighted by molar-refractivity contribution is 0.571. The Labute approximate surface area is 224 Å². The Balaban J connectivity index is 1.73. The summed E-state index contributed by atoms with van der Waals surface area (Å²) >= 11 is 12.5. The number of nitrogens with two attached hydrogens (primary N) is 1. The zero-order chi connectivity index (χ0) is 25.7. The van der Waals surface area contributed by atoms with Gasteiger partial charge >= 0.3 is 0 Å². The van der Waals surface area contributed by atoms with Crippen molar-refractivity contribution in [2.75, 3.05) is 0 Å². The number of hydrogen-bond donors (Lipinski definition) is 1. The number of rotatable bonds is 6. The van der Waals surface area contributed by atoms with E-state index in [4.69, 9.17) is 28.9 Å². The van der Waals surface area contributed by atoms with Crippen molar-refractivity contribution in [3.63, 3.8) is 0 Å². The average Bonchev–Trinajstić information content (AvgIpc) is 3.61. The Bertz CT molecular complexity index is 1690. The summed E-state index contributed by atoms with van der Waals surface area (Å²) < 4.78 is 3.77. The molecule has 1 aliphatic carbocycles. The molecule has 2 aromatic carbocycles. The fourth-order valence-electron chi connectivity index (χ4n) is 5.15. The zero-order valence-electron chi connectivity index (χ0n) is 20.2. The van der Waals surface area contributed by atoms with Crippen molar-refractivity contribution in [1.29, 1.82) is 0 Å². The van der Waals surface area contributed by atoms with Crippen LogP contribution < -0.4 is 11.3 Å². The molecule has 0 spiro atoms. The van der Waals surface area contributed by atoms with Gasteiger partial charge in [-0.2, -0.15) is 0 Å². The minimum atomic E-state index is -1.21. The predicted octanol–water partition coefficient (Wildman–Crippen LogP) is 5.76. The van der Waals surface area contributed by atoms with Crippen molar-refractivity contribution in [2.24, 2.45) is 18.7 Å². The highest BCUT2D eigenvalue weighted by molar-refractivity contribution is 6.31. The number of imidazole rings is 1. The van der Waals surface area contributed by atoms with Crippen LogP contribution in [0.3, 0.4) is 0 Å². The van der Waals surface area contributed by atoms with Crippen molar-refractivity contribution in [3.8, 4) is 11.1 Å². The molecule has 0 saturated heterocycles. The molecule has 3 heterocycles. The Morgan fingerprint density at radius 3 is 2.51 bits per heavy atom. The van der Waals surface area contributed by atoms with E-state index in [0.717, 1.165) is 46.1 Å². The third-order valence-corrected chi connectivity index (χ3v) is 7.64. The zero-order valence-corrected chi connectivity index (χ0v) is 21.7. The standard InChI is InChI=1S/C29H25Cl2N5O/c1-35-17-33-15-26(35)29(32,25-11-10-21(31)14-34-25)24-7-3-6-22-23(19-4-2-5-20(30)12-19)13-27(37)36(28(22)24)16-18-8-9-18/h2-7,10-15,17-18H,8-9,16,32H2,1H3. The van der Waals surface area contributed by atoms with Crippen LogP contribution in [0.5, 0.6) is 0 Å². The van der Waals surface area contributed by atoms with E-state index in [1.165, 1.54) is 0 Å². The summed E-state index contributed by atoms with van der Waals surface area (Å²) in [5.74, 6) is 0.475. The maximum atomic E-state index is 13.7. The van der Waals surface area contributed by atoms with E-state index < -0.39 is 5.54 Å². The molecule has 0 aliphatic heterocycles. The van der Waals surface area contributed by atoms with Crippen LogP contribution in [-0.4, -0.2) is 19.1 Å². The van der Waals surface area contributed by atoms with Gasteiger partial charge in [0, 0.05) is 41.8 Å². The second-order valence-corrected chi connectivity index (χ2v) is 10.6. The maximum Gasteiger partial charge on any atom is 0.251 e. The molecule has 6 nitrogen and oxygen atoms in total. The first-order chi connectivity index (χ1) is 17.9. The number of nitrogens with zero attached hydrogens (tertiary/aromatic N) is 4. The van der Waals surface area contributed by atoms with Crippen LogP contribution >= 0.6 is 23.2 Å². The number of aromatic nitrogens is 4. The molecule has 1 saturated carbocycles. The van der Waals surface area contributed by atoms with Crippen LogP contribution in [0.25, 0.3) is 22.0 Å². The Morgan fingerprint density at radius 1 is 1.03 bits per heavy atom. The van der Waals surface area contributed by atoms with Gasteiger partial charge in [-0.3, -0.25) is 9.78 Å². The van der Waals surface area contributed by atoms with Gasteiger partial charge in [0.1, 0.15) is 5.54 Å². The van der Waals surface area contributed by atoms with Gasteiger partial charge in [0.2, 0.25) is 0 Å². The van der Waals surface area contributed by atoms with E-state index in [0.29, 0.717) is 28.2 Å². The minimum absolute atomic E-state index is 0.0711. The van der Waals surface area contributed by atoms with Crippen LogP contribution in [0.2, 0.25) is 10.0 Å². The predicted molar refractivity (Wildman–Crippen MR) is 148 cm³/mol. The van der Waals surface area contributed by atoms with E-state index in [2.05, 4.69) is 9.97 Å². The Kier molecular flexibility index (Phi) is 5.91. The summed E-state index contributed by atoms with van der Waals surface area (Å²) in [4.78, 5) is 22.7. The van der Waals surface area contributed by atoms with Crippen molar-refractivity contribution >= 4 is 34.1 Å². The molecule has 3 aromatic heterocycles. The van der Waals surface area contributed by atoms with Gasteiger partial charge in [-0.1, -0.05) is 53.5 Å². The van der Waals surface area contributed by atoms with Crippen LogP contribution in [0.1, 0.15) is 29.8 Å². The summed E-state index contributed by atoms with van der Waals surface area (Å²) in [6.45, 7) is 0.637. The number of para-hydroxylation sites is 1. The summed E-state index contributed by atoms with van der Waals surface area (Å²) in [6, 6.07) is 18.9. The first-order valence-corrected chi connectivity index (χ1v) is 12.9. The monoisotopic (exact) mass is 529 g/mol. The fourth-order valence-corrected chi connectivity index (χ4v) is 5.45. The van der Waals surface area contributed by atoms with E-state index in [1.807, 2.05) is 64.7 Å². The summed E-state index contributed by atoms with van der Waals surface area (Å²) in [5.41, 5.74) is 10.7. The number of fused-ring (bicyclic) bond motifs is 1. The molecule has 37 heavy (non-hydrogen) atoms. The molecule has 1 fully saturated rings. The molecule has 1 aliphatic rings. The van der Waals surface area contributed by atoms with Gasteiger partial charge in [0.05, 0.1) is 34.5 Å². The van der Waals surface area contributed by atoms with Gasteiger partial charge in [0.25, 0.3) is 5.56 Å². The van der Waals surface area contributed by atoms with E-state index in [1.54, 1.807) is 30.9 Å². The van der Waals surface area contributed by atoms with Crippen molar-refractivity contribution < 1.29 is 0 Å². The Hall–Kier alpha value is -3.45. The molecule has 5 aromatic rings. The second kappa shape index (κ2) is 9.14. The van der Waals surface area contributed by atoms with Crippen molar-refractivity contribution in [3.05, 3.63) is 117 Å². The summed E-state index contributed by atoms with van der Waals surface area (Å²) in [6.07, 6.45) is 7.28. The molecule has 0 amide bonds. The molecule has 0 radical (unpaired) electrons. The van der Waals surface area contributed by atoms with E-state index >= 15 is 0 Å². The quantitative estimate of drug-likeness (QED) is 0.303. The van der Waals surface area contributed by atoms with Crippen LogP contribution in [0.15, 0.2) is 84.2 Å². The van der Waals surface area contributed by atoms with Crippen molar-refractivity contribution in [1.82, 2.24) is 19.1 Å². The van der Waals surface area contributed by atoms with E-state index in [9.17, 15) is 4.79 Å². The number of hydrogen-bond acceptors (Lipinski definition) is 4. The number of pyridine rings is 2. The largest absolute Gasteiger partial charge is 0.335 e. The van der Waals surface area contributed by atoms with Gasteiger partial charge < -0.3 is 14.9 Å². The molecular weight excluding hydrogens is 505 g/mol. The summed E-state index contributed by atoms with van der Waals surface area (Å²) in [7, 11) is 1.90. The molecule has 6 rings (SSSR count). The van der Waals surface area contributed by atoms with Crippen LogP contribution in [0, 0.1) is 5.92 Å². The lowest BCUT2D eigenvalue weighted by atomic mass is 9.82. The minimum Gasteiger partial charge on any atom is -0.335 e. The smallest absolute Gasteiger partial charge is 0.251 e. The van der Waals surface area contributed by atoms with Gasteiger partial charge in [-0.05, 0) is 54.2 Å². The lowest BCUT2D eigenvalue weighted by Crippen LogP contribution is -2.42. The maximum absolute atomic E-state index is 13.7. The molecule has 186 valence electrons. The van der Waals surface area contributed by atoms with Gasteiger partial charge in [-0.25, -0.2) is 4.98 Å². The lowest BCUT2D eigenvalue weighted by Gasteiger charge is -2.32. The first-order valence-electron chi connectivity index (χ1n) is 12.2. The molecule has 8 heteroatoms. The Morgan fingerprint density at radius 2 is 1.84 bits per heavy atom. The van der Waals surface area contributed by atoms with Gasteiger partial charge in [-0.15, -0.1) is 0 Å². The third kappa shape index (κ3) is 4.15. The highest BCUT2D eigenvalue weighted by Crippen LogP contribution is 2.40. The molecule has 2 N–H and O–H groups in total. The SMILES string of the molecule is Cn1cncc1C(N)(c1ccc(Cl)cn1)c1cccc2c(-c3cccc(Cl)c3)cc(=O)n(CC3CC3)c12. The summed E-state index contributed by atoms with van der Waals surface area (Å²) in [5, 5.41) is 2.05. The van der Waals surface area contributed by atoms with Gasteiger partial charge in [0.15, 0.2) is 0 Å². The highest BCUT2D eigenvalue weighted by atomic mass is 35.5. The average molecular weight is 530 g/mol. The highest BCUT2D eigenvalue weighted by Gasteiger charge is 2.39. The molecule has 0 bridgehead atoms. The second-order valence-electron chi connectivity index (χ2n) is 9.72. The number of halogens is 2. The molecule has 1 unspecified atom stereocenters. The fraction of sp³-hybridized carbons (Fsp3) is 0.207. The van der Waals surface area contributed by atoms with Crippen LogP contribution in [0.4, 0.5) is 0 Å². The number of aryl methyl sites for hydroxylation is 1. The van der Waals surface area contributed by atoms with Crippen LogP contribution in [-0.2, 0) is 19.1 Å². The van der Waals surface area contributed by atoms with Crippen molar-refractivity contribution in [2.45, 2.75) is 24.9 Å². The number of benzene rings is 2. The normalized spacial score (nSPS) is 15.1. The van der Waals surface area contributed by atoms with E-state index in [-0.39, 0.29) is 5.56 Å². The first kappa shape index (κ1) is 23.9. The molecule has 1 atom stereocenters. The topological polar surface area (TPSA) is 78.7 Å².